The predicted octanol–water partition coefficient (Wildman–Crippen LogP) is 3.39. The number of hydrogen-bond acceptors (Lipinski definition) is 3. The Morgan fingerprint density at radius 2 is 2.10 bits per heavy atom. The van der Waals surface area contributed by atoms with Crippen molar-refractivity contribution in [2.24, 2.45) is 5.73 Å². The second kappa shape index (κ2) is 7.18. The number of nitrogens with zero attached hydrogens (tertiary/aromatic N) is 1. The molecule has 0 saturated heterocycles. The molecule has 0 spiro atoms. The van der Waals surface area contributed by atoms with Crippen molar-refractivity contribution in [1.29, 1.82) is 0 Å². The fourth-order valence-electron chi connectivity index (χ4n) is 2.13. The first kappa shape index (κ1) is 15.4. The third-order valence-electron chi connectivity index (χ3n) is 3.35. The molecule has 2 aromatic rings. The number of ether oxygens (including phenoxy) is 1. The van der Waals surface area contributed by atoms with E-state index in [1.54, 1.807) is 18.5 Å². The van der Waals surface area contributed by atoms with E-state index in [0.717, 1.165) is 23.1 Å². The molecule has 3 nitrogen and oxygen atoms in total. The number of aryl methyl sites for hydroxylation is 1. The molecule has 2 rings (SSSR count). The molecule has 1 heterocycles. The first-order valence-corrected chi connectivity index (χ1v) is 7.15. The SMILES string of the molecule is CCC(N)Cc1cc(F)ccc1OCc1cncc(C)c1. The van der Waals surface area contributed by atoms with Gasteiger partial charge in [0, 0.05) is 24.0 Å². The van der Waals surface area contributed by atoms with E-state index >= 15 is 0 Å². The highest BCUT2D eigenvalue weighted by Gasteiger charge is 2.10. The van der Waals surface area contributed by atoms with Crippen LogP contribution in [-0.4, -0.2) is 11.0 Å². The van der Waals surface area contributed by atoms with Gasteiger partial charge in [0.15, 0.2) is 0 Å². The number of pyridine rings is 1. The third-order valence-corrected chi connectivity index (χ3v) is 3.35. The Bertz CT molecular complexity index is 601. The summed E-state index contributed by atoms with van der Waals surface area (Å²) in [6.45, 7) is 4.41. The fourth-order valence-corrected chi connectivity index (χ4v) is 2.13. The molecule has 0 aliphatic heterocycles. The molecular weight excluding hydrogens is 267 g/mol. The van der Waals surface area contributed by atoms with Crippen LogP contribution in [0.3, 0.4) is 0 Å². The highest BCUT2D eigenvalue weighted by Crippen LogP contribution is 2.22. The standard InChI is InChI=1S/C17H21FN2O/c1-3-16(19)8-14-7-15(18)4-5-17(14)21-11-13-6-12(2)9-20-10-13/h4-7,9-10,16H,3,8,11,19H2,1-2H3. The van der Waals surface area contributed by atoms with Crippen molar-refractivity contribution in [2.45, 2.75) is 39.3 Å². The van der Waals surface area contributed by atoms with Crippen molar-refractivity contribution >= 4 is 0 Å². The zero-order chi connectivity index (χ0) is 15.2. The van der Waals surface area contributed by atoms with E-state index in [0.29, 0.717) is 18.8 Å². The number of benzene rings is 1. The van der Waals surface area contributed by atoms with Gasteiger partial charge in [-0.15, -0.1) is 0 Å². The van der Waals surface area contributed by atoms with Gasteiger partial charge in [0.05, 0.1) is 0 Å². The van der Waals surface area contributed by atoms with Crippen LogP contribution < -0.4 is 10.5 Å². The Balaban J connectivity index is 2.11. The highest BCUT2D eigenvalue weighted by atomic mass is 19.1. The van der Waals surface area contributed by atoms with Gasteiger partial charge in [-0.3, -0.25) is 4.98 Å². The van der Waals surface area contributed by atoms with E-state index in [9.17, 15) is 4.39 Å². The minimum atomic E-state index is -0.266. The van der Waals surface area contributed by atoms with E-state index in [2.05, 4.69) is 4.98 Å². The molecular formula is C17H21FN2O. The maximum atomic E-state index is 13.4. The van der Waals surface area contributed by atoms with Crippen LogP contribution in [0.5, 0.6) is 5.75 Å². The van der Waals surface area contributed by atoms with Gasteiger partial charge in [-0.1, -0.05) is 6.92 Å². The molecule has 0 amide bonds. The van der Waals surface area contributed by atoms with Crippen molar-refractivity contribution in [3.63, 3.8) is 0 Å². The maximum absolute atomic E-state index is 13.4. The van der Waals surface area contributed by atoms with Gasteiger partial charge < -0.3 is 10.5 Å². The molecule has 1 unspecified atom stereocenters. The predicted molar refractivity (Wildman–Crippen MR) is 81.7 cm³/mol. The molecule has 4 heteroatoms. The second-order valence-electron chi connectivity index (χ2n) is 5.28. The Hall–Kier alpha value is -1.94. The van der Waals surface area contributed by atoms with Gasteiger partial charge in [-0.25, -0.2) is 4.39 Å². The van der Waals surface area contributed by atoms with Crippen LogP contribution in [0.2, 0.25) is 0 Å². The van der Waals surface area contributed by atoms with E-state index < -0.39 is 0 Å². The van der Waals surface area contributed by atoms with Crippen molar-refractivity contribution in [2.75, 3.05) is 0 Å². The van der Waals surface area contributed by atoms with Crippen LogP contribution in [-0.2, 0) is 13.0 Å². The van der Waals surface area contributed by atoms with E-state index in [1.165, 1.54) is 12.1 Å². The van der Waals surface area contributed by atoms with Crippen LogP contribution in [0.25, 0.3) is 0 Å². The summed E-state index contributed by atoms with van der Waals surface area (Å²) in [4.78, 5) is 4.13. The molecule has 0 saturated carbocycles. The van der Waals surface area contributed by atoms with Crippen LogP contribution in [0, 0.1) is 12.7 Å². The normalized spacial score (nSPS) is 12.2. The summed E-state index contributed by atoms with van der Waals surface area (Å²) in [7, 11) is 0. The van der Waals surface area contributed by atoms with E-state index in [1.807, 2.05) is 19.9 Å². The monoisotopic (exact) mass is 288 g/mol. The van der Waals surface area contributed by atoms with Gasteiger partial charge in [0.1, 0.15) is 18.2 Å². The fraction of sp³-hybridized carbons (Fsp3) is 0.353. The quantitative estimate of drug-likeness (QED) is 0.886. The number of aromatic nitrogens is 1. The average Bonchev–Trinajstić information content (AvgIpc) is 2.46. The highest BCUT2D eigenvalue weighted by molar-refractivity contribution is 5.35. The zero-order valence-corrected chi connectivity index (χ0v) is 12.5. The summed E-state index contributed by atoms with van der Waals surface area (Å²) in [6.07, 6.45) is 5.02. The first-order valence-electron chi connectivity index (χ1n) is 7.15. The number of hydrogen-bond donors (Lipinski definition) is 1. The van der Waals surface area contributed by atoms with Gasteiger partial charge in [0.25, 0.3) is 0 Å². The molecule has 1 atom stereocenters. The van der Waals surface area contributed by atoms with Crippen molar-refractivity contribution in [3.05, 3.63) is 59.2 Å². The molecule has 1 aromatic heterocycles. The lowest BCUT2D eigenvalue weighted by atomic mass is 10.0. The van der Waals surface area contributed by atoms with Gasteiger partial charge in [-0.2, -0.15) is 0 Å². The molecule has 0 bridgehead atoms. The third kappa shape index (κ3) is 4.53. The van der Waals surface area contributed by atoms with Crippen molar-refractivity contribution in [3.8, 4) is 5.75 Å². The summed E-state index contributed by atoms with van der Waals surface area (Å²) in [5, 5.41) is 0. The summed E-state index contributed by atoms with van der Waals surface area (Å²) in [6, 6.07) is 6.60. The molecule has 21 heavy (non-hydrogen) atoms. The Labute approximate surface area is 125 Å². The van der Waals surface area contributed by atoms with Crippen LogP contribution in [0.4, 0.5) is 4.39 Å². The van der Waals surface area contributed by atoms with E-state index in [4.69, 9.17) is 10.5 Å². The van der Waals surface area contributed by atoms with Gasteiger partial charge >= 0.3 is 0 Å². The van der Waals surface area contributed by atoms with Crippen LogP contribution in [0.15, 0.2) is 36.7 Å². The molecule has 1 aromatic carbocycles. The summed E-state index contributed by atoms with van der Waals surface area (Å²) < 4.78 is 19.2. The largest absolute Gasteiger partial charge is 0.489 e. The van der Waals surface area contributed by atoms with Gasteiger partial charge in [0.2, 0.25) is 0 Å². The lowest BCUT2D eigenvalue weighted by Gasteiger charge is -2.14. The Morgan fingerprint density at radius 3 is 2.81 bits per heavy atom. The Kier molecular flexibility index (Phi) is 5.28. The topological polar surface area (TPSA) is 48.1 Å². The molecule has 112 valence electrons. The summed E-state index contributed by atoms with van der Waals surface area (Å²) in [5.41, 5.74) is 8.85. The summed E-state index contributed by atoms with van der Waals surface area (Å²) in [5.74, 6) is 0.416. The second-order valence-corrected chi connectivity index (χ2v) is 5.28. The maximum Gasteiger partial charge on any atom is 0.123 e. The van der Waals surface area contributed by atoms with E-state index in [-0.39, 0.29) is 11.9 Å². The zero-order valence-electron chi connectivity index (χ0n) is 12.5. The molecule has 2 N–H and O–H groups in total. The first-order chi connectivity index (χ1) is 10.1. The minimum absolute atomic E-state index is 0.00906. The Morgan fingerprint density at radius 1 is 1.29 bits per heavy atom. The lowest BCUT2D eigenvalue weighted by molar-refractivity contribution is 0.301. The summed E-state index contributed by atoms with van der Waals surface area (Å²) >= 11 is 0. The average molecular weight is 288 g/mol. The number of nitrogens with two attached hydrogens (primary N) is 1. The van der Waals surface area contributed by atoms with Gasteiger partial charge in [-0.05, 0) is 55.2 Å². The van der Waals surface area contributed by atoms with Crippen LogP contribution >= 0.6 is 0 Å². The van der Waals surface area contributed by atoms with Crippen molar-refractivity contribution < 1.29 is 9.13 Å². The van der Waals surface area contributed by atoms with Crippen molar-refractivity contribution in [1.82, 2.24) is 4.98 Å². The smallest absolute Gasteiger partial charge is 0.123 e. The molecule has 0 radical (unpaired) electrons. The number of rotatable bonds is 6. The minimum Gasteiger partial charge on any atom is -0.489 e. The van der Waals surface area contributed by atoms with Crippen LogP contribution in [0.1, 0.15) is 30.0 Å². The molecule has 0 fully saturated rings. The number of halogens is 1. The molecule has 0 aliphatic carbocycles. The lowest BCUT2D eigenvalue weighted by Crippen LogP contribution is -2.21. The molecule has 0 aliphatic rings.